The minimum absolute atomic E-state index is 0.0384. The van der Waals surface area contributed by atoms with Crippen molar-refractivity contribution in [3.05, 3.63) is 28.2 Å². The van der Waals surface area contributed by atoms with Crippen molar-refractivity contribution in [3.8, 4) is 0 Å². The lowest BCUT2D eigenvalue weighted by Gasteiger charge is -2.37. The highest BCUT2D eigenvalue weighted by Crippen LogP contribution is 2.31. The summed E-state index contributed by atoms with van der Waals surface area (Å²) in [6.07, 6.45) is 0.237. The first-order chi connectivity index (χ1) is 8.80. The maximum atomic E-state index is 12.4. The Labute approximate surface area is 121 Å². The number of nitrogens with two attached hydrogens (primary N) is 1. The topological polar surface area (TPSA) is 80.5 Å². The molecule has 0 unspecified atom stereocenters. The van der Waals surface area contributed by atoms with E-state index in [2.05, 4.69) is 15.9 Å². The smallest absolute Gasteiger partial charge is 0.244 e. The monoisotopic (exact) mass is 346 g/mol. The summed E-state index contributed by atoms with van der Waals surface area (Å²) in [4.78, 5) is 11.0. The lowest BCUT2D eigenvalue weighted by Crippen LogP contribution is -2.50. The molecule has 1 fully saturated rings. The van der Waals surface area contributed by atoms with Gasteiger partial charge in [0.1, 0.15) is 0 Å². The molecule has 1 aliphatic heterocycles. The molecule has 0 saturated carbocycles. The van der Waals surface area contributed by atoms with Crippen LogP contribution in [0.5, 0.6) is 0 Å². The number of sulfonamides is 1. The van der Waals surface area contributed by atoms with Crippen LogP contribution in [-0.2, 0) is 14.8 Å². The van der Waals surface area contributed by atoms with E-state index >= 15 is 0 Å². The molecule has 19 heavy (non-hydrogen) atoms. The van der Waals surface area contributed by atoms with E-state index in [1.807, 2.05) is 6.92 Å². The summed E-state index contributed by atoms with van der Waals surface area (Å²) in [5, 5.41) is 0. The van der Waals surface area contributed by atoms with Crippen LogP contribution >= 0.6 is 15.9 Å². The third-order valence-electron chi connectivity index (χ3n) is 3.12. The molecule has 0 atom stereocenters. The molecule has 0 aromatic heterocycles. The molecule has 2 N–H and O–H groups in total. The van der Waals surface area contributed by atoms with Crippen LogP contribution in [0, 0.1) is 12.8 Å². The molecule has 1 heterocycles. The Morgan fingerprint density at radius 1 is 1.47 bits per heavy atom. The Balaban J connectivity index is 2.14. The molecule has 1 aliphatic rings. The second-order valence-corrected chi connectivity index (χ2v) is 7.55. The SMILES string of the molecule is Cc1ccc(S(=O)(=O)N2CC(CC(N)=O)C2)c(Br)c1. The first-order valence-electron chi connectivity index (χ1n) is 5.85. The fraction of sp³-hybridized carbons (Fsp3) is 0.417. The van der Waals surface area contributed by atoms with Gasteiger partial charge in [0, 0.05) is 24.0 Å². The summed E-state index contributed by atoms with van der Waals surface area (Å²) in [5.41, 5.74) is 6.08. The average Bonchev–Trinajstić information content (AvgIpc) is 2.21. The van der Waals surface area contributed by atoms with Crippen molar-refractivity contribution in [1.82, 2.24) is 4.31 Å². The first-order valence-corrected chi connectivity index (χ1v) is 8.08. The van der Waals surface area contributed by atoms with Gasteiger partial charge in [-0.1, -0.05) is 6.07 Å². The third-order valence-corrected chi connectivity index (χ3v) is 5.93. The van der Waals surface area contributed by atoms with Crippen molar-refractivity contribution >= 4 is 31.9 Å². The van der Waals surface area contributed by atoms with E-state index in [4.69, 9.17) is 5.73 Å². The van der Waals surface area contributed by atoms with Gasteiger partial charge in [0.2, 0.25) is 15.9 Å². The number of halogens is 1. The number of carbonyl (C=O) groups is 1. The van der Waals surface area contributed by atoms with Crippen LogP contribution in [0.3, 0.4) is 0 Å². The summed E-state index contributed by atoms with van der Waals surface area (Å²) >= 11 is 3.28. The Bertz CT molecular complexity index is 609. The highest BCUT2D eigenvalue weighted by atomic mass is 79.9. The third kappa shape index (κ3) is 2.98. The minimum atomic E-state index is -3.48. The summed E-state index contributed by atoms with van der Waals surface area (Å²) in [6.45, 7) is 2.60. The molecular formula is C12H15BrN2O3S. The number of benzene rings is 1. The fourth-order valence-corrected chi connectivity index (χ4v) is 4.83. The molecule has 5 nitrogen and oxygen atoms in total. The maximum Gasteiger partial charge on any atom is 0.244 e. The average molecular weight is 347 g/mol. The van der Waals surface area contributed by atoms with Gasteiger partial charge in [0.05, 0.1) is 4.90 Å². The molecular weight excluding hydrogens is 332 g/mol. The van der Waals surface area contributed by atoms with E-state index in [-0.39, 0.29) is 17.2 Å². The molecule has 1 saturated heterocycles. The summed E-state index contributed by atoms with van der Waals surface area (Å²) in [7, 11) is -3.48. The number of amides is 1. The highest BCUT2D eigenvalue weighted by molar-refractivity contribution is 9.10. The van der Waals surface area contributed by atoms with Gasteiger partial charge in [-0.2, -0.15) is 4.31 Å². The van der Waals surface area contributed by atoms with Crippen LogP contribution in [-0.4, -0.2) is 31.7 Å². The molecule has 2 rings (SSSR count). The summed E-state index contributed by atoms with van der Waals surface area (Å²) in [5.74, 6) is -0.352. The molecule has 0 bridgehead atoms. The number of hydrogen-bond acceptors (Lipinski definition) is 3. The van der Waals surface area contributed by atoms with Crippen molar-refractivity contribution in [2.24, 2.45) is 11.7 Å². The standard InChI is InChI=1S/C12H15BrN2O3S/c1-8-2-3-11(10(13)4-8)19(17,18)15-6-9(7-15)5-12(14)16/h2-4,9H,5-7H2,1H3,(H2,14,16). The van der Waals surface area contributed by atoms with E-state index in [0.717, 1.165) is 5.56 Å². The zero-order valence-electron chi connectivity index (χ0n) is 10.5. The quantitative estimate of drug-likeness (QED) is 0.890. The molecule has 7 heteroatoms. The lowest BCUT2D eigenvalue weighted by atomic mass is 9.99. The first kappa shape index (κ1) is 14.5. The second-order valence-electron chi connectivity index (χ2n) is 4.79. The van der Waals surface area contributed by atoms with E-state index < -0.39 is 15.9 Å². The largest absolute Gasteiger partial charge is 0.370 e. The summed E-state index contributed by atoms with van der Waals surface area (Å²) in [6, 6.07) is 5.13. The van der Waals surface area contributed by atoms with Crippen LogP contribution in [0.25, 0.3) is 0 Å². The molecule has 1 aromatic rings. The van der Waals surface area contributed by atoms with Crippen LogP contribution < -0.4 is 5.73 Å². The van der Waals surface area contributed by atoms with E-state index in [9.17, 15) is 13.2 Å². The molecule has 0 aliphatic carbocycles. The normalized spacial score (nSPS) is 17.2. The number of nitrogens with zero attached hydrogens (tertiary/aromatic N) is 1. The van der Waals surface area contributed by atoms with Gasteiger partial charge in [0.25, 0.3) is 0 Å². The number of rotatable bonds is 4. The van der Waals surface area contributed by atoms with Crippen LogP contribution in [0.15, 0.2) is 27.6 Å². The molecule has 1 amide bonds. The number of hydrogen-bond donors (Lipinski definition) is 1. The molecule has 0 spiro atoms. The van der Waals surface area contributed by atoms with Gasteiger partial charge in [-0.3, -0.25) is 4.79 Å². The Kier molecular flexibility index (Phi) is 3.98. The van der Waals surface area contributed by atoms with Crippen LogP contribution in [0.1, 0.15) is 12.0 Å². The zero-order valence-corrected chi connectivity index (χ0v) is 12.9. The van der Waals surface area contributed by atoms with Gasteiger partial charge in [-0.25, -0.2) is 8.42 Å². The highest BCUT2D eigenvalue weighted by Gasteiger charge is 2.37. The minimum Gasteiger partial charge on any atom is -0.370 e. The predicted octanol–water partition coefficient (Wildman–Crippen LogP) is 1.25. The molecule has 1 aromatic carbocycles. The number of aryl methyl sites for hydroxylation is 1. The van der Waals surface area contributed by atoms with E-state index in [0.29, 0.717) is 17.6 Å². The van der Waals surface area contributed by atoms with Crippen LogP contribution in [0.2, 0.25) is 0 Å². The lowest BCUT2D eigenvalue weighted by molar-refractivity contribution is -0.119. The predicted molar refractivity (Wildman–Crippen MR) is 74.9 cm³/mol. The van der Waals surface area contributed by atoms with Gasteiger partial charge in [0.15, 0.2) is 0 Å². The maximum absolute atomic E-state index is 12.4. The van der Waals surface area contributed by atoms with E-state index in [1.165, 1.54) is 4.31 Å². The van der Waals surface area contributed by atoms with Crippen molar-refractivity contribution < 1.29 is 13.2 Å². The number of primary amides is 1. The zero-order chi connectivity index (χ0) is 14.2. The Morgan fingerprint density at radius 3 is 2.63 bits per heavy atom. The Hall–Kier alpha value is -0.920. The molecule has 104 valence electrons. The number of carbonyl (C=O) groups excluding carboxylic acids is 1. The van der Waals surface area contributed by atoms with Gasteiger partial charge >= 0.3 is 0 Å². The van der Waals surface area contributed by atoms with E-state index in [1.54, 1.807) is 18.2 Å². The van der Waals surface area contributed by atoms with Crippen molar-refractivity contribution in [3.63, 3.8) is 0 Å². The molecule has 0 radical (unpaired) electrons. The van der Waals surface area contributed by atoms with Crippen molar-refractivity contribution in [2.45, 2.75) is 18.2 Å². The van der Waals surface area contributed by atoms with Crippen molar-refractivity contribution in [1.29, 1.82) is 0 Å². The van der Waals surface area contributed by atoms with Gasteiger partial charge < -0.3 is 5.73 Å². The fourth-order valence-electron chi connectivity index (χ4n) is 2.09. The second kappa shape index (κ2) is 5.22. The van der Waals surface area contributed by atoms with Crippen molar-refractivity contribution in [2.75, 3.05) is 13.1 Å². The Morgan fingerprint density at radius 2 is 2.11 bits per heavy atom. The van der Waals surface area contributed by atoms with Gasteiger partial charge in [-0.15, -0.1) is 0 Å². The van der Waals surface area contributed by atoms with Crippen LogP contribution in [0.4, 0.5) is 0 Å². The van der Waals surface area contributed by atoms with Gasteiger partial charge in [-0.05, 0) is 46.5 Å². The summed E-state index contributed by atoms with van der Waals surface area (Å²) < 4.78 is 26.6.